The van der Waals surface area contributed by atoms with Gasteiger partial charge in [-0.1, -0.05) is 55.2 Å². The zero-order valence-electron chi connectivity index (χ0n) is 20.1. The fourth-order valence-electron chi connectivity index (χ4n) is 3.46. The molecule has 0 fully saturated rings. The van der Waals surface area contributed by atoms with E-state index in [-0.39, 0.29) is 18.5 Å². The lowest BCUT2D eigenvalue weighted by Crippen LogP contribution is -2.53. The molecule has 11 heteroatoms. The van der Waals surface area contributed by atoms with Crippen LogP contribution >= 0.6 is 39.1 Å². The number of para-hydroxylation sites is 1. The van der Waals surface area contributed by atoms with Crippen LogP contribution in [-0.4, -0.2) is 50.0 Å². The van der Waals surface area contributed by atoms with Crippen molar-refractivity contribution in [3.63, 3.8) is 0 Å². The van der Waals surface area contributed by atoms with Crippen LogP contribution in [0, 0.1) is 0 Å². The van der Waals surface area contributed by atoms with Crippen molar-refractivity contribution in [2.24, 2.45) is 0 Å². The van der Waals surface area contributed by atoms with E-state index in [9.17, 15) is 18.0 Å². The number of hydrogen-bond acceptors (Lipinski definition) is 4. The number of halogens is 3. The van der Waals surface area contributed by atoms with Gasteiger partial charge in [0.1, 0.15) is 12.6 Å². The van der Waals surface area contributed by atoms with Gasteiger partial charge in [-0.05, 0) is 60.0 Å². The van der Waals surface area contributed by atoms with E-state index in [1.165, 1.54) is 4.90 Å². The summed E-state index contributed by atoms with van der Waals surface area (Å²) in [6.07, 6.45) is 2.06. The Morgan fingerprint density at radius 1 is 1.03 bits per heavy atom. The molecule has 2 amide bonds. The minimum absolute atomic E-state index is 0.0582. The fraction of sp³-hybridized carbons (Fsp3) is 0.417. The van der Waals surface area contributed by atoms with E-state index in [2.05, 4.69) is 21.2 Å². The summed E-state index contributed by atoms with van der Waals surface area (Å²) < 4.78 is 26.9. The number of amides is 2. The third kappa shape index (κ3) is 7.84. The number of rotatable bonds is 11. The monoisotopic (exact) mass is 605 g/mol. The van der Waals surface area contributed by atoms with Crippen molar-refractivity contribution in [1.29, 1.82) is 0 Å². The van der Waals surface area contributed by atoms with E-state index in [0.717, 1.165) is 17.0 Å². The lowest BCUT2D eigenvalue weighted by Gasteiger charge is -2.34. The highest BCUT2D eigenvalue weighted by molar-refractivity contribution is 9.10. The van der Waals surface area contributed by atoms with E-state index < -0.39 is 28.5 Å². The van der Waals surface area contributed by atoms with Crippen molar-refractivity contribution in [3.8, 4) is 0 Å². The van der Waals surface area contributed by atoms with Crippen LogP contribution in [0.2, 0.25) is 10.0 Å². The van der Waals surface area contributed by atoms with E-state index in [4.69, 9.17) is 23.2 Å². The molecule has 2 aromatic carbocycles. The summed E-state index contributed by atoms with van der Waals surface area (Å²) in [4.78, 5) is 28.2. The summed E-state index contributed by atoms with van der Waals surface area (Å²) in [5.74, 6) is -0.890. The summed E-state index contributed by atoms with van der Waals surface area (Å²) in [6.45, 7) is 5.05. The van der Waals surface area contributed by atoms with Crippen molar-refractivity contribution in [2.45, 2.75) is 52.2 Å². The lowest BCUT2D eigenvalue weighted by molar-refractivity contribution is -0.140. The maximum atomic E-state index is 13.7. The van der Waals surface area contributed by atoms with Crippen molar-refractivity contribution >= 4 is 66.7 Å². The second kappa shape index (κ2) is 12.9. The zero-order chi connectivity index (χ0) is 26.3. The zero-order valence-corrected chi connectivity index (χ0v) is 24.0. The molecule has 0 radical (unpaired) electrons. The molecule has 2 atom stereocenters. The summed E-state index contributed by atoms with van der Waals surface area (Å²) in [5, 5.41) is 3.61. The van der Waals surface area contributed by atoms with Gasteiger partial charge in [0.15, 0.2) is 0 Å². The van der Waals surface area contributed by atoms with Gasteiger partial charge in [0.2, 0.25) is 21.8 Å². The second-order valence-corrected chi connectivity index (χ2v) is 11.8. The third-order valence-corrected chi connectivity index (χ3v) is 8.08. The van der Waals surface area contributed by atoms with Gasteiger partial charge < -0.3 is 10.2 Å². The Balaban J connectivity index is 2.52. The summed E-state index contributed by atoms with van der Waals surface area (Å²) in [6, 6.07) is 10.7. The summed E-state index contributed by atoms with van der Waals surface area (Å²) >= 11 is 16.1. The van der Waals surface area contributed by atoms with Crippen LogP contribution in [-0.2, 0) is 26.2 Å². The average Bonchev–Trinajstić information content (AvgIpc) is 2.78. The minimum Gasteiger partial charge on any atom is -0.352 e. The van der Waals surface area contributed by atoms with Crippen LogP contribution < -0.4 is 9.62 Å². The molecule has 0 heterocycles. The molecule has 35 heavy (non-hydrogen) atoms. The Bertz CT molecular complexity index is 1140. The first-order chi connectivity index (χ1) is 16.4. The number of benzene rings is 2. The predicted octanol–water partition coefficient (Wildman–Crippen LogP) is 5.24. The van der Waals surface area contributed by atoms with Gasteiger partial charge in [0, 0.05) is 32.7 Å². The molecule has 0 aliphatic carbocycles. The number of sulfonamides is 1. The molecule has 2 unspecified atom stereocenters. The highest BCUT2D eigenvalue weighted by atomic mass is 79.9. The van der Waals surface area contributed by atoms with Crippen molar-refractivity contribution in [2.75, 3.05) is 17.1 Å². The SMILES string of the molecule is CCC(C)NC(=O)C(CC)N(Cc1c(Cl)cccc1Cl)C(=O)CN(c1ccccc1Br)S(C)(=O)=O. The molecule has 192 valence electrons. The van der Waals surface area contributed by atoms with Crippen molar-refractivity contribution < 1.29 is 18.0 Å². The molecule has 0 aliphatic heterocycles. The first kappa shape index (κ1) is 29.4. The highest BCUT2D eigenvalue weighted by Gasteiger charge is 2.33. The quantitative estimate of drug-likeness (QED) is 0.379. The lowest BCUT2D eigenvalue weighted by atomic mass is 10.1. The molecule has 0 aromatic heterocycles. The van der Waals surface area contributed by atoms with Crippen LogP contribution in [0.1, 0.15) is 39.2 Å². The van der Waals surface area contributed by atoms with E-state index in [0.29, 0.717) is 32.2 Å². The molecule has 2 aromatic rings. The van der Waals surface area contributed by atoms with Crippen LogP contribution in [0.15, 0.2) is 46.9 Å². The van der Waals surface area contributed by atoms with E-state index in [1.807, 2.05) is 13.8 Å². The van der Waals surface area contributed by atoms with Gasteiger partial charge in [-0.3, -0.25) is 13.9 Å². The highest BCUT2D eigenvalue weighted by Crippen LogP contribution is 2.30. The molecule has 7 nitrogen and oxygen atoms in total. The Morgan fingerprint density at radius 2 is 1.63 bits per heavy atom. The third-order valence-electron chi connectivity index (χ3n) is 5.58. The number of anilines is 1. The Hall–Kier alpha value is -1.81. The molecular weight excluding hydrogens is 577 g/mol. The number of nitrogens with zero attached hydrogens (tertiary/aromatic N) is 2. The standard InChI is InChI=1S/C24H30BrCl2N3O4S/c1-5-16(3)28-24(32)21(6-2)29(14-17-19(26)11-9-12-20(17)27)23(31)15-30(35(4,33)34)22-13-8-7-10-18(22)25/h7-13,16,21H,5-6,14-15H2,1-4H3,(H,28,32). The molecule has 0 saturated heterocycles. The van der Waals surface area contributed by atoms with Gasteiger partial charge in [-0.15, -0.1) is 0 Å². The Morgan fingerprint density at radius 3 is 2.14 bits per heavy atom. The predicted molar refractivity (Wildman–Crippen MR) is 145 cm³/mol. The van der Waals surface area contributed by atoms with E-state index >= 15 is 0 Å². The maximum absolute atomic E-state index is 13.7. The number of hydrogen-bond donors (Lipinski definition) is 1. The molecular formula is C24H30BrCl2N3O4S. The molecule has 0 aliphatic rings. The fourth-order valence-corrected chi connectivity index (χ4v) is 5.46. The van der Waals surface area contributed by atoms with Gasteiger partial charge in [-0.25, -0.2) is 8.42 Å². The van der Waals surface area contributed by atoms with Crippen LogP contribution in [0.3, 0.4) is 0 Å². The van der Waals surface area contributed by atoms with Crippen molar-refractivity contribution in [3.05, 3.63) is 62.5 Å². The van der Waals surface area contributed by atoms with Crippen LogP contribution in [0.25, 0.3) is 0 Å². The molecule has 0 bridgehead atoms. The smallest absolute Gasteiger partial charge is 0.244 e. The van der Waals surface area contributed by atoms with Crippen LogP contribution in [0.4, 0.5) is 5.69 Å². The second-order valence-electron chi connectivity index (χ2n) is 8.18. The van der Waals surface area contributed by atoms with Gasteiger partial charge >= 0.3 is 0 Å². The Kier molecular flexibility index (Phi) is 10.9. The largest absolute Gasteiger partial charge is 0.352 e. The normalized spacial score (nSPS) is 13.1. The Labute approximate surface area is 225 Å². The molecule has 0 saturated carbocycles. The average molecular weight is 607 g/mol. The first-order valence-corrected chi connectivity index (χ1v) is 14.5. The van der Waals surface area contributed by atoms with E-state index in [1.54, 1.807) is 49.4 Å². The summed E-state index contributed by atoms with van der Waals surface area (Å²) in [7, 11) is -3.83. The number of carbonyl (C=O) groups excluding carboxylic acids is 2. The van der Waals surface area contributed by atoms with Crippen molar-refractivity contribution in [1.82, 2.24) is 10.2 Å². The van der Waals surface area contributed by atoms with Gasteiger partial charge in [0.05, 0.1) is 11.9 Å². The first-order valence-electron chi connectivity index (χ1n) is 11.2. The molecule has 0 spiro atoms. The molecule has 2 rings (SSSR count). The van der Waals surface area contributed by atoms with Crippen LogP contribution in [0.5, 0.6) is 0 Å². The number of nitrogens with one attached hydrogen (secondary N) is 1. The van der Waals surface area contributed by atoms with Gasteiger partial charge in [0.25, 0.3) is 0 Å². The minimum atomic E-state index is -3.83. The maximum Gasteiger partial charge on any atom is 0.244 e. The van der Waals surface area contributed by atoms with Gasteiger partial charge in [-0.2, -0.15) is 0 Å². The number of carbonyl (C=O) groups is 2. The summed E-state index contributed by atoms with van der Waals surface area (Å²) in [5.41, 5.74) is 0.793. The molecule has 1 N–H and O–H groups in total. The topological polar surface area (TPSA) is 86.8 Å².